The van der Waals surface area contributed by atoms with Gasteiger partial charge < -0.3 is 10.0 Å². The molecule has 0 aliphatic carbocycles. The average molecular weight is 288 g/mol. The van der Waals surface area contributed by atoms with Gasteiger partial charge in [-0.25, -0.2) is 4.98 Å². The molecule has 20 heavy (non-hydrogen) atoms. The predicted octanol–water partition coefficient (Wildman–Crippen LogP) is 2.41. The molecule has 1 aliphatic rings. The maximum absolute atomic E-state index is 12.4. The van der Waals surface area contributed by atoms with Gasteiger partial charge in [0.05, 0.1) is 11.8 Å². The molecule has 0 spiro atoms. The number of aliphatic hydroxyl groups is 1. The zero-order valence-corrected chi connectivity index (χ0v) is 12.1. The monoisotopic (exact) mass is 288 g/mol. The third-order valence-electron chi connectivity index (χ3n) is 3.48. The molecule has 1 aliphatic heterocycles. The van der Waals surface area contributed by atoms with Crippen molar-refractivity contribution in [3.63, 3.8) is 0 Å². The van der Waals surface area contributed by atoms with E-state index in [0.717, 1.165) is 10.6 Å². The van der Waals surface area contributed by atoms with E-state index in [1.54, 1.807) is 18.0 Å². The number of β-amino-alcohol motifs (C(OH)–C–C–N with tert-alkyl or cyclic N) is 1. The second-order valence-corrected chi connectivity index (χ2v) is 6.40. The second-order valence-electron chi connectivity index (χ2n) is 5.37. The summed E-state index contributed by atoms with van der Waals surface area (Å²) < 4.78 is 0. The number of rotatable bonds is 2. The number of carbonyl (C=O) groups is 1. The molecule has 1 aromatic carbocycles. The lowest BCUT2D eigenvalue weighted by Gasteiger charge is -2.18. The van der Waals surface area contributed by atoms with Crippen LogP contribution in [0.3, 0.4) is 0 Å². The standard InChI is InChI=1S/C15H16N2O2S/c1-15(19)7-8-17(10-15)14(18)12-9-16-13(20-12)11-5-3-2-4-6-11/h2-6,9,19H,7-8,10H2,1H3. The first-order valence-electron chi connectivity index (χ1n) is 6.58. The van der Waals surface area contributed by atoms with Gasteiger partial charge in [-0.2, -0.15) is 0 Å². The lowest BCUT2D eigenvalue weighted by Crippen LogP contribution is -2.33. The molecule has 1 aromatic heterocycles. The van der Waals surface area contributed by atoms with Crippen LogP contribution in [0.15, 0.2) is 36.5 Å². The van der Waals surface area contributed by atoms with Crippen LogP contribution < -0.4 is 0 Å². The maximum Gasteiger partial charge on any atom is 0.265 e. The van der Waals surface area contributed by atoms with Crippen molar-refractivity contribution in [3.05, 3.63) is 41.4 Å². The Bertz CT molecular complexity index is 622. The van der Waals surface area contributed by atoms with Crippen molar-refractivity contribution in [3.8, 4) is 10.6 Å². The van der Waals surface area contributed by atoms with Gasteiger partial charge in [0.1, 0.15) is 9.88 Å². The minimum Gasteiger partial charge on any atom is -0.388 e. The van der Waals surface area contributed by atoms with Crippen LogP contribution in [0.5, 0.6) is 0 Å². The molecule has 1 fully saturated rings. The van der Waals surface area contributed by atoms with E-state index in [4.69, 9.17) is 0 Å². The van der Waals surface area contributed by atoms with Crippen LogP contribution in [0.25, 0.3) is 10.6 Å². The summed E-state index contributed by atoms with van der Waals surface area (Å²) in [7, 11) is 0. The SMILES string of the molecule is CC1(O)CCN(C(=O)c2cnc(-c3ccccc3)s2)C1. The first kappa shape index (κ1) is 13.3. The van der Waals surface area contributed by atoms with Crippen molar-refractivity contribution >= 4 is 17.2 Å². The highest BCUT2D eigenvalue weighted by Gasteiger charge is 2.34. The fourth-order valence-corrected chi connectivity index (χ4v) is 3.25. The van der Waals surface area contributed by atoms with E-state index in [2.05, 4.69) is 4.98 Å². The molecule has 1 atom stereocenters. The van der Waals surface area contributed by atoms with Gasteiger partial charge in [-0.05, 0) is 13.3 Å². The van der Waals surface area contributed by atoms with Crippen molar-refractivity contribution in [2.45, 2.75) is 18.9 Å². The van der Waals surface area contributed by atoms with Crippen LogP contribution >= 0.6 is 11.3 Å². The molecule has 3 rings (SSSR count). The van der Waals surface area contributed by atoms with Crippen LogP contribution in [0.1, 0.15) is 23.0 Å². The number of nitrogens with zero attached hydrogens (tertiary/aromatic N) is 2. The molecule has 5 heteroatoms. The summed E-state index contributed by atoms with van der Waals surface area (Å²) in [6, 6.07) is 9.82. The van der Waals surface area contributed by atoms with E-state index in [0.29, 0.717) is 24.4 Å². The topological polar surface area (TPSA) is 53.4 Å². The van der Waals surface area contributed by atoms with Gasteiger partial charge in [-0.3, -0.25) is 4.79 Å². The molecular formula is C15H16N2O2S. The summed E-state index contributed by atoms with van der Waals surface area (Å²) in [6.45, 7) is 2.76. The molecule has 2 heterocycles. The number of hydrogen-bond donors (Lipinski definition) is 1. The highest BCUT2D eigenvalue weighted by molar-refractivity contribution is 7.16. The van der Waals surface area contributed by atoms with Crippen molar-refractivity contribution in [1.29, 1.82) is 0 Å². The quantitative estimate of drug-likeness (QED) is 0.923. The Hall–Kier alpha value is -1.72. The van der Waals surface area contributed by atoms with Crippen LogP contribution in [-0.2, 0) is 0 Å². The predicted molar refractivity (Wildman–Crippen MR) is 78.7 cm³/mol. The molecule has 1 unspecified atom stereocenters. The van der Waals surface area contributed by atoms with Gasteiger partial charge in [0.25, 0.3) is 5.91 Å². The van der Waals surface area contributed by atoms with E-state index < -0.39 is 5.60 Å². The molecule has 1 amide bonds. The number of hydrogen-bond acceptors (Lipinski definition) is 4. The number of likely N-dealkylation sites (tertiary alicyclic amines) is 1. The van der Waals surface area contributed by atoms with E-state index in [1.165, 1.54) is 11.3 Å². The lowest BCUT2D eigenvalue weighted by molar-refractivity contribution is 0.0574. The summed E-state index contributed by atoms with van der Waals surface area (Å²) in [6.07, 6.45) is 2.26. The molecule has 1 N–H and O–H groups in total. The van der Waals surface area contributed by atoms with Crippen LogP contribution in [0.4, 0.5) is 0 Å². The average Bonchev–Trinajstić information content (AvgIpc) is 3.05. The van der Waals surface area contributed by atoms with Gasteiger partial charge in [0, 0.05) is 18.7 Å². The number of thiazole rings is 1. The Morgan fingerprint density at radius 2 is 2.15 bits per heavy atom. The minimum atomic E-state index is -0.761. The highest BCUT2D eigenvalue weighted by atomic mass is 32.1. The fourth-order valence-electron chi connectivity index (χ4n) is 2.36. The zero-order valence-electron chi connectivity index (χ0n) is 11.2. The Morgan fingerprint density at radius 1 is 1.40 bits per heavy atom. The largest absolute Gasteiger partial charge is 0.388 e. The Labute approximate surface area is 121 Å². The highest BCUT2D eigenvalue weighted by Crippen LogP contribution is 2.28. The van der Waals surface area contributed by atoms with Crippen LogP contribution in [0.2, 0.25) is 0 Å². The van der Waals surface area contributed by atoms with Gasteiger partial charge in [0.2, 0.25) is 0 Å². The van der Waals surface area contributed by atoms with Gasteiger partial charge >= 0.3 is 0 Å². The van der Waals surface area contributed by atoms with Gasteiger partial charge in [-0.1, -0.05) is 30.3 Å². The smallest absolute Gasteiger partial charge is 0.265 e. The maximum atomic E-state index is 12.4. The Kier molecular flexibility index (Phi) is 3.31. The van der Waals surface area contributed by atoms with Gasteiger partial charge in [-0.15, -0.1) is 11.3 Å². The van der Waals surface area contributed by atoms with Crippen molar-refractivity contribution in [2.24, 2.45) is 0 Å². The fraction of sp³-hybridized carbons (Fsp3) is 0.333. The molecular weight excluding hydrogens is 272 g/mol. The summed E-state index contributed by atoms with van der Waals surface area (Å²) in [4.78, 5) is 19.0. The zero-order chi connectivity index (χ0) is 14.2. The van der Waals surface area contributed by atoms with E-state index in [-0.39, 0.29) is 5.91 Å². The normalized spacial score (nSPS) is 22.2. The first-order chi connectivity index (χ1) is 9.55. The number of benzene rings is 1. The van der Waals surface area contributed by atoms with Gasteiger partial charge in [0.15, 0.2) is 0 Å². The summed E-state index contributed by atoms with van der Waals surface area (Å²) in [5.41, 5.74) is 0.257. The molecule has 0 saturated carbocycles. The summed E-state index contributed by atoms with van der Waals surface area (Å²) in [5.74, 6) is -0.0394. The van der Waals surface area contributed by atoms with E-state index in [9.17, 15) is 9.90 Å². The van der Waals surface area contributed by atoms with Crippen molar-refractivity contribution in [1.82, 2.24) is 9.88 Å². The molecule has 1 saturated heterocycles. The Morgan fingerprint density at radius 3 is 2.80 bits per heavy atom. The number of carbonyl (C=O) groups excluding carboxylic acids is 1. The first-order valence-corrected chi connectivity index (χ1v) is 7.40. The van der Waals surface area contributed by atoms with Crippen molar-refractivity contribution in [2.75, 3.05) is 13.1 Å². The molecule has 0 radical (unpaired) electrons. The number of aromatic nitrogens is 1. The third-order valence-corrected chi connectivity index (χ3v) is 4.51. The van der Waals surface area contributed by atoms with Crippen LogP contribution in [-0.4, -0.2) is 39.6 Å². The van der Waals surface area contributed by atoms with Crippen molar-refractivity contribution < 1.29 is 9.90 Å². The Balaban J connectivity index is 1.79. The molecule has 0 bridgehead atoms. The van der Waals surface area contributed by atoms with Crippen LogP contribution in [0, 0.1) is 0 Å². The number of amides is 1. The van der Waals surface area contributed by atoms with E-state index >= 15 is 0 Å². The third kappa shape index (κ3) is 2.59. The molecule has 4 nitrogen and oxygen atoms in total. The summed E-state index contributed by atoms with van der Waals surface area (Å²) >= 11 is 1.40. The molecule has 104 valence electrons. The van der Waals surface area contributed by atoms with E-state index in [1.807, 2.05) is 30.3 Å². The molecule has 2 aromatic rings. The minimum absolute atomic E-state index is 0.0394. The lowest BCUT2D eigenvalue weighted by atomic mass is 10.1. The summed E-state index contributed by atoms with van der Waals surface area (Å²) in [5, 5.41) is 10.8. The second kappa shape index (κ2) is 5.00.